The summed E-state index contributed by atoms with van der Waals surface area (Å²) in [5.74, 6) is -1.18. The summed E-state index contributed by atoms with van der Waals surface area (Å²) in [4.78, 5) is 50.4. The van der Waals surface area contributed by atoms with Crippen molar-refractivity contribution in [2.24, 2.45) is 0 Å². The number of carbonyl (C=O) groups excluding carboxylic acids is 3. The van der Waals surface area contributed by atoms with E-state index in [-0.39, 0.29) is 22.9 Å². The number of carboxylic acids is 1. The summed E-state index contributed by atoms with van der Waals surface area (Å²) in [7, 11) is 3.03. The van der Waals surface area contributed by atoms with E-state index in [1.54, 1.807) is 72.8 Å². The number of rotatable bonds is 12. The predicted octanol–water partition coefficient (Wildman–Crippen LogP) is 5.54. The monoisotopic (exact) mass is 611 g/mol. The summed E-state index contributed by atoms with van der Waals surface area (Å²) < 4.78 is 10.7. The van der Waals surface area contributed by atoms with Gasteiger partial charge in [0.2, 0.25) is 5.91 Å². The molecule has 0 unspecified atom stereocenters. The van der Waals surface area contributed by atoms with Crippen molar-refractivity contribution in [3.05, 3.63) is 119 Å². The molecule has 0 saturated heterocycles. The van der Waals surface area contributed by atoms with Crippen LogP contribution in [0.4, 0.5) is 11.4 Å². The van der Waals surface area contributed by atoms with Crippen molar-refractivity contribution >= 4 is 52.9 Å². The number of aromatic carboxylic acids is 1. The number of nitrogens with one attached hydrogen (secondary N) is 3. The molecule has 0 atom stereocenters. The molecule has 44 heavy (non-hydrogen) atoms. The van der Waals surface area contributed by atoms with Gasteiger partial charge in [0.05, 0.1) is 25.5 Å². The fraction of sp³-hybridized carbons (Fsp3) is 0.0909. The zero-order chi connectivity index (χ0) is 31.5. The van der Waals surface area contributed by atoms with Crippen LogP contribution >= 0.6 is 11.8 Å². The molecule has 10 nitrogen and oxygen atoms in total. The highest BCUT2D eigenvalue weighted by Crippen LogP contribution is 2.28. The summed E-state index contributed by atoms with van der Waals surface area (Å²) in [5, 5.41) is 17.2. The number of ether oxygens (including phenoxy) is 2. The summed E-state index contributed by atoms with van der Waals surface area (Å²) in [6, 6.07) is 26.5. The largest absolute Gasteiger partial charge is 0.493 e. The predicted molar refractivity (Wildman–Crippen MR) is 169 cm³/mol. The highest BCUT2D eigenvalue weighted by atomic mass is 32.2. The van der Waals surface area contributed by atoms with Crippen LogP contribution in [0.15, 0.2) is 108 Å². The number of hydrogen-bond donors (Lipinski definition) is 4. The van der Waals surface area contributed by atoms with E-state index in [0.717, 1.165) is 4.90 Å². The minimum Gasteiger partial charge on any atom is -0.493 e. The Morgan fingerprint density at radius 1 is 0.750 bits per heavy atom. The standard InChI is InChI=1S/C33H29N3O7S/c1-42-28-17-8-21(19-29(28)43-2)18-27(36-31(38)22-6-4-3-5-7-22)32(39)35-25-13-15-26(16-14-25)44-20-30(37)34-24-11-9-23(10-12-24)33(40)41/h3-19H,20H2,1-2H3,(H,34,37)(H,35,39)(H,36,38)(H,40,41)/b27-18-. The van der Waals surface area contributed by atoms with E-state index >= 15 is 0 Å². The van der Waals surface area contributed by atoms with Crippen molar-refractivity contribution in [3.8, 4) is 11.5 Å². The van der Waals surface area contributed by atoms with Gasteiger partial charge in [-0.1, -0.05) is 24.3 Å². The fourth-order valence-corrected chi connectivity index (χ4v) is 4.63. The molecule has 0 saturated carbocycles. The third-order valence-electron chi connectivity index (χ3n) is 6.15. The summed E-state index contributed by atoms with van der Waals surface area (Å²) in [6.45, 7) is 0. The first-order valence-corrected chi connectivity index (χ1v) is 14.2. The van der Waals surface area contributed by atoms with Crippen LogP contribution in [0.5, 0.6) is 11.5 Å². The Morgan fingerprint density at radius 2 is 1.39 bits per heavy atom. The van der Waals surface area contributed by atoms with Crippen molar-refractivity contribution in [1.29, 1.82) is 0 Å². The van der Waals surface area contributed by atoms with Gasteiger partial charge in [-0.3, -0.25) is 14.4 Å². The Hall–Kier alpha value is -5.55. The quantitative estimate of drug-likeness (QED) is 0.121. The highest BCUT2D eigenvalue weighted by molar-refractivity contribution is 8.00. The van der Waals surface area contributed by atoms with Gasteiger partial charge in [0.15, 0.2) is 11.5 Å². The molecule has 0 aliphatic carbocycles. The van der Waals surface area contributed by atoms with Crippen LogP contribution in [0.3, 0.4) is 0 Å². The van der Waals surface area contributed by atoms with Gasteiger partial charge in [-0.2, -0.15) is 0 Å². The van der Waals surface area contributed by atoms with E-state index < -0.39 is 17.8 Å². The van der Waals surface area contributed by atoms with E-state index in [0.29, 0.717) is 34.0 Å². The molecule has 11 heteroatoms. The second-order valence-corrected chi connectivity index (χ2v) is 10.2. The maximum Gasteiger partial charge on any atom is 0.335 e. The Labute approximate surface area is 258 Å². The normalized spacial score (nSPS) is 10.8. The SMILES string of the molecule is COc1ccc(/C=C(\NC(=O)c2ccccc2)C(=O)Nc2ccc(SCC(=O)Nc3ccc(C(=O)O)cc3)cc2)cc1OC. The van der Waals surface area contributed by atoms with E-state index in [4.69, 9.17) is 14.6 Å². The second-order valence-electron chi connectivity index (χ2n) is 9.19. The molecule has 0 heterocycles. The highest BCUT2D eigenvalue weighted by Gasteiger charge is 2.16. The van der Waals surface area contributed by atoms with Crippen molar-refractivity contribution < 1.29 is 33.8 Å². The number of benzene rings is 4. The summed E-state index contributed by atoms with van der Waals surface area (Å²) >= 11 is 1.29. The summed E-state index contributed by atoms with van der Waals surface area (Å²) in [6.07, 6.45) is 1.54. The molecule has 4 aromatic carbocycles. The third kappa shape index (κ3) is 8.73. The molecular weight excluding hydrogens is 582 g/mol. The van der Waals surface area contributed by atoms with Crippen LogP contribution in [-0.2, 0) is 9.59 Å². The lowest BCUT2D eigenvalue weighted by atomic mass is 10.1. The van der Waals surface area contributed by atoms with Gasteiger partial charge < -0.3 is 30.5 Å². The van der Waals surface area contributed by atoms with Crippen molar-refractivity contribution in [2.45, 2.75) is 4.90 Å². The minimum atomic E-state index is -1.04. The first-order valence-electron chi connectivity index (χ1n) is 13.2. The molecule has 0 spiro atoms. The van der Waals surface area contributed by atoms with Gasteiger partial charge in [0, 0.05) is 21.8 Å². The third-order valence-corrected chi connectivity index (χ3v) is 7.16. The number of methoxy groups -OCH3 is 2. The second kappa shape index (κ2) is 15.1. The van der Waals surface area contributed by atoms with Crippen LogP contribution in [0.25, 0.3) is 6.08 Å². The number of carbonyl (C=O) groups is 4. The lowest BCUT2D eigenvalue weighted by Gasteiger charge is -2.13. The Kier molecular flexibility index (Phi) is 10.8. The number of hydrogen-bond acceptors (Lipinski definition) is 7. The lowest BCUT2D eigenvalue weighted by Crippen LogP contribution is -2.30. The lowest BCUT2D eigenvalue weighted by molar-refractivity contribution is -0.114. The van der Waals surface area contributed by atoms with Gasteiger partial charge in [-0.25, -0.2) is 4.79 Å². The smallest absolute Gasteiger partial charge is 0.335 e. The van der Waals surface area contributed by atoms with Crippen LogP contribution < -0.4 is 25.4 Å². The molecular formula is C33H29N3O7S. The summed E-state index contributed by atoms with van der Waals surface area (Å²) in [5.41, 5.74) is 2.11. The molecule has 4 aromatic rings. The van der Waals surface area contributed by atoms with Gasteiger partial charge in [0.1, 0.15) is 5.70 Å². The van der Waals surface area contributed by atoms with Crippen LogP contribution in [0.1, 0.15) is 26.3 Å². The van der Waals surface area contributed by atoms with Gasteiger partial charge in [-0.05, 0) is 84.4 Å². The van der Waals surface area contributed by atoms with E-state index in [9.17, 15) is 19.2 Å². The van der Waals surface area contributed by atoms with Crippen molar-refractivity contribution in [1.82, 2.24) is 5.32 Å². The molecule has 0 aliphatic rings. The maximum absolute atomic E-state index is 13.4. The Balaban J connectivity index is 1.42. The molecule has 4 N–H and O–H groups in total. The van der Waals surface area contributed by atoms with Crippen LogP contribution in [0.2, 0.25) is 0 Å². The topological polar surface area (TPSA) is 143 Å². The minimum absolute atomic E-state index is 0.0117. The van der Waals surface area contributed by atoms with Crippen LogP contribution in [0, 0.1) is 0 Å². The fourth-order valence-electron chi connectivity index (χ4n) is 3.93. The van der Waals surface area contributed by atoms with Gasteiger partial charge in [-0.15, -0.1) is 11.8 Å². The maximum atomic E-state index is 13.4. The van der Waals surface area contributed by atoms with Crippen LogP contribution in [-0.4, -0.2) is 48.8 Å². The molecule has 0 fully saturated rings. The van der Waals surface area contributed by atoms with E-state index in [1.807, 2.05) is 0 Å². The van der Waals surface area contributed by atoms with Crippen molar-refractivity contribution in [3.63, 3.8) is 0 Å². The molecule has 4 rings (SSSR count). The molecule has 0 bridgehead atoms. The van der Waals surface area contributed by atoms with E-state index in [1.165, 1.54) is 56.3 Å². The number of anilines is 2. The van der Waals surface area contributed by atoms with Gasteiger partial charge >= 0.3 is 5.97 Å². The average Bonchev–Trinajstić information content (AvgIpc) is 3.04. The Morgan fingerprint density at radius 3 is 2.02 bits per heavy atom. The zero-order valence-corrected chi connectivity index (χ0v) is 24.6. The van der Waals surface area contributed by atoms with E-state index in [2.05, 4.69) is 16.0 Å². The number of thioether (sulfide) groups is 1. The number of carboxylic acid groups (broad SMARTS) is 1. The molecule has 0 aromatic heterocycles. The average molecular weight is 612 g/mol. The molecule has 0 radical (unpaired) electrons. The zero-order valence-electron chi connectivity index (χ0n) is 23.8. The molecule has 224 valence electrons. The first kappa shape index (κ1) is 31.4. The van der Waals surface area contributed by atoms with Crippen molar-refractivity contribution in [2.75, 3.05) is 30.6 Å². The Bertz CT molecular complexity index is 1670. The molecule has 3 amide bonds. The first-order chi connectivity index (χ1) is 21.2. The molecule has 0 aliphatic heterocycles. The number of amides is 3. The van der Waals surface area contributed by atoms with Gasteiger partial charge in [0.25, 0.3) is 11.8 Å².